The van der Waals surface area contributed by atoms with Crippen molar-refractivity contribution in [3.8, 4) is 0 Å². The van der Waals surface area contributed by atoms with Gasteiger partial charge in [0.15, 0.2) is 12.6 Å². The van der Waals surface area contributed by atoms with Gasteiger partial charge < -0.3 is 19.6 Å². The second-order valence-corrected chi connectivity index (χ2v) is 10.3. The van der Waals surface area contributed by atoms with Gasteiger partial charge in [0, 0.05) is 29.5 Å². The van der Waals surface area contributed by atoms with Crippen LogP contribution >= 0.6 is 11.6 Å². The summed E-state index contributed by atoms with van der Waals surface area (Å²) in [4.78, 5) is 26.6. The summed E-state index contributed by atoms with van der Waals surface area (Å²) in [6, 6.07) is 24.9. The topological polar surface area (TPSA) is 75.6 Å². The average Bonchev–Trinajstić information content (AvgIpc) is 2.89. The van der Waals surface area contributed by atoms with Crippen molar-refractivity contribution in [1.82, 2.24) is 0 Å². The summed E-state index contributed by atoms with van der Waals surface area (Å²) >= 11 is 6.05. The Morgan fingerprint density at radius 2 is 1.56 bits per heavy atom. The summed E-state index contributed by atoms with van der Waals surface area (Å²) in [5.41, 5.74) is -0.320. The molecule has 0 aliphatic carbocycles. The second-order valence-electron chi connectivity index (χ2n) is 9.91. The molecule has 3 aromatic rings. The Morgan fingerprint density at radius 3 is 2.14 bits per heavy atom. The van der Waals surface area contributed by atoms with Gasteiger partial charge in [-0.1, -0.05) is 78.3 Å². The third-order valence-corrected chi connectivity index (χ3v) is 7.80. The number of amides is 1. The number of carbonyl (C=O) groups excluding carboxylic acids is 2. The maximum absolute atomic E-state index is 13.6. The standard InChI is InChI=1S/C29H29ClN2O4/c30-24-12-7-13-25(18-24)31-27(33)20-32-16-14-21(15-17-32)26(19-32)36-28(34)29(35,22-8-3-1-4-9-22)23-10-5-2-6-11-23/h1-13,18,21,26,35H,14-17,19-20H2/p+1/t21?,26-,32?/m0/s1. The van der Waals surface area contributed by atoms with Gasteiger partial charge in [0.2, 0.25) is 5.60 Å². The van der Waals surface area contributed by atoms with Crippen LogP contribution in [0.5, 0.6) is 0 Å². The van der Waals surface area contributed by atoms with Gasteiger partial charge in [-0.25, -0.2) is 4.79 Å². The van der Waals surface area contributed by atoms with Crippen LogP contribution in [0.2, 0.25) is 5.02 Å². The molecule has 1 amide bonds. The molecule has 7 heteroatoms. The molecule has 186 valence electrons. The Labute approximate surface area is 216 Å². The number of halogens is 1. The quantitative estimate of drug-likeness (QED) is 0.369. The summed E-state index contributed by atoms with van der Waals surface area (Å²) in [6.07, 6.45) is 1.38. The number of rotatable bonds is 7. The number of hydrogen-bond acceptors (Lipinski definition) is 4. The van der Waals surface area contributed by atoms with Crippen molar-refractivity contribution in [2.75, 3.05) is 31.5 Å². The number of benzene rings is 3. The summed E-state index contributed by atoms with van der Waals surface area (Å²) in [6.45, 7) is 2.58. The Bertz CT molecular complexity index is 1190. The molecular weight excluding hydrogens is 476 g/mol. The third-order valence-electron chi connectivity index (χ3n) is 7.57. The van der Waals surface area contributed by atoms with Crippen LogP contribution in [-0.2, 0) is 19.9 Å². The zero-order valence-corrected chi connectivity index (χ0v) is 20.7. The molecule has 36 heavy (non-hydrogen) atoms. The van der Waals surface area contributed by atoms with Crippen molar-refractivity contribution >= 4 is 29.2 Å². The van der Waals surface area contributed by atoms with Gasteiger partial charge in [-0.3, -0.25) is 4.79 Å². The number of esters is 1. The smallest absolute Gasteiger partial charge is 0.348 e. The van der Waals surface area contributed by atoms with Gasteiger partial charge >= 0.3 is 5.97 Å². The molecule has 0 spiro atoms. The second kappa shape index (κ2) is 10.1. The predicted molar refractivity (Wildman–Crippen MR) is 138 cm³/mol. The molecule has 3 saturated heterocycles. The SMILES string of the molecule is O=C(C[N+]12CCC(CC1)[C@@H](OC(=O)C(O)(c1ccccc1)c1ccccc1)C2)Nc1cccc(Cl)c1. The van der Waals surface area contributed by atoms with E-state index in [4.69, 9.17) is 16.3 Å². The van der Waals surface area contributed by atoms with Gasteiger partial charge in [0.1, 0.15) is 6.54 Å². The van der Waals surface area contributed by atoms with Crippen molar-refractivity contribution < 1.29 is 23.9 Å². The molecule has 3 aliphatic rings. The van der Waals surface area contributed by atoms with Gasteiger partial charge in [-0.15, -0.1) is 0 Å². The molecule has 0 radical (unpaired) electrons. The zero-order valence-electron chi connectivity index (χ0n) is 20.0. The first-order valence-corrected chi connectivity index (χ1v) is 12.7. The van der Waals surface area contributed by atoms with E-state index >= 15 is 0 Å². The summed E-state index contributed by atoms with van der Waals surface area (Å²) < 4.78 is 6.65. The number of fused-ring (bicyclic) bond motifs is 3. The fourth-order valence-corrected chi connectivity index (χ4v) is 5.82. The number of quaternary nitrogens is 1. The lowest BCUT2D eigenvalue weighted by atomic mass is 9.82. The molecule has 2 N–H and O–H groups in total. The average molecular weight is 506 g/mol. The van der Waals surface area contributed by atoms with Crippen LogP contribution in [0.1, 0.15) is 24.0 Å². The van der Waals surface area contributed by atoms with Crippen LogP contribution in [0.15, 0.2) is 84.9 Å². The fourth-order valence-electron chi connectivity index (χ4n) is 5.63. The van der Waals surface area contributed by atoms with E-state index in [-0.39, 0.29) is 17.9 Å². The molecule has 1 atom stereocenters. The highest BCUT2D eigenvalue weighted by atomic mass is 35.5. The highest BCUT2D eigenvalue weighted by molar-refractivity contribution is 6.30. The van der Waals surface area contributed by atoms with Crippen LogP contribution in [0.4, 0.5) is 5.69 Å². The number of anilines is 1. The molecule has 3 aliphatic heterocycles. The van der Waals surface area contributed by atoms with Gasteiger partial charge in [-0.2, -0.15) is 0 Å². The monoisotopic (exact) mass is 505 g/mol. The number of hydrogen-bond donors (Lipinski definition) is 2. The number of aliphatic hydroxyl groups is 1. The lowest BCUT2D eigenvalue weighted by molar-refractivity contribution is -0.939. The minimum atomic E-state index is -1.91. The van der Waals surface area contributed by atoms with E-state index in [1.54, 1.807) is 66.7 Å². The predicted octanol–water partition coefficient (Wildman–Crippen LogP) is 4.37. The maximum Gasteiger partial charge on any atom is 0.348 e. The Hall–Kier alpha value is -3.19. The molecule has 3 heterocycles. The van der Waals surface area contributed by atoms with Crippen LogP contribution in [0.25, 0.3) is 0 Å². The van der Waals surface area contributed by atoms with E-state index in [9.17, 15) is 14.7 Å². The third kappa shape index (κ3) is 4.89. The molecule has 0 saturated carbocycles. The van der Waals surface area contributed by atoms with Crippen molar-refractivity contribution in [2.24, 2.45) is 5.92 Å². The Morgan fingerprint density at radius 1 is 0.944 bits per heavy atom. The lowest BCUT2D eigenvalue weighted by Crippen LogP contribution is -2.66. The van der Waals surface area contributed by atoms with Crippen molar-refractivity contribution in [1.29, 1.82) is 0 Å². The van der Waals surface area contributed by atoms with Gasteiger partial charge in [0.25, 0.3) is 5.91 Å². The summed E-state index contributed by atoms with van der Waals surface area (Å²) in [5, 5.41) is 15.3. The van der Waals surface area contributed by atoms with E-state index in [2.05, 4.69) is 5.32 Å². The molecule has 6 nitrogen and oxygen atoms in total. The lowest BCUT2D eigenvalue weighted by Gasteiger charge is -2.51. The summed E-state index contributed by atoms with van der Waals surface area (Å²) in [5.74, 6) is -0.548. The summed E-state index contributed by atoms with van der Waals surface area (Å²) in [7, 11) is 0. The number of carbonyl (C=O) groups is 2. The van der Waals surface area contributed by atoms with Crippen LogP contribution in [0.3, 0.4) is 0 Å². The molecule has 6 rings (SSSR count). The number of ether oxygens (including phenoxy) is 1. The van der Waals surface area contributed by atoms with Crippen molar-refractivity contribution in [2.45, 2.75) is 24.5 Å². The van der Waals surface area contributed by atoms with Gasteiger partial charge in [0.05, 0.1) is 13.1 Å². The first-order valence-electron chi connectivity index (χ1n) is 12.3. The largest absolute Gasteiger partial charge is 0.453 e. The number of nitrogens with zero attached hydrogens (tertiary/aromatic N) is 1. The fraction of sp³-hybridized carbons (Fsp3) is 0.310. The first-order chi connectivity index (χ1) is 17.4. The molecule has 2 bridgehead atoms. The molecule has 0 unspecified atom stereocenters. The molecular formula is C29H30ClN2O4+. The molecule has 0 aromatic heterocycles. The number of nitrogens with one attached hydrogen (secondary N) is 1. The molecule has 3 fully saturated rings. The van der Waals surface area contributed by atoms with Crippen LogP contribution < -0.4 is 5.32 Å². The number of piperidine rings is 3. The first kappa shape index (κ1) is 24.5. The highest BCUT2D eigenvalue weighted by Gasteiger charge is 2.51. The zero-order chi connectivity index (χ0) is 25.2. The van der Waals surface area contributed by atoms with Crippen LogP contribution in [-0.4, -0.2) is 53.7 Å². The van der Waals surface area contributed by atoms with E-state index in [0.29, 0.717) is 39.4 Å². The van der Waals surface area contributed by atoms with Crippen LogP contribution in [0, 0.1) is 5.92 Å². The van der Waals surface area contributed by atoms with Crippen molar-refractivity contribution in [3.05, 3.63) is 101 Å². The minimum absolute atomic E-state index is 0.0900. The van der Waals surface area contributed by atoms with Crippen molar-refractivity contribution in [3.63, 3.8) is 0 Å². The van der Waals surface area contributed by atoms with Gasteiger partial charge in [-0.05, 0) is 29.3 Å². The minimum Gasteiger partial charge on any atom is -0.453 e. The Kier molecular flexibility index (Phi) is 6.84. The van der Waals surface area contributed by atoms with E-state index in [0.717, 1.165) is 25.9 Å². The highest BCUT2D eigenvalue weighted by Crippen LogP contribution is 2.38. The Balaban J connectivity index is 1.33. The molecule has 3 aromatic carbocycles. The van der Waals surface area contributed by atoms with E-state index in [1.807, 2.05) is 18.2 Å². The normalized spacial score (nSPS) is 23.2. The maximum atomic E-state index is 13.6. The van der Waals surface area contributed by atoms with E-state index in [1.165, 1.54) is 0 Å². The van der Waals surface area contributed by atoms with E-state index < -0.39 is 11.6 Å².